The Morgan fingerprint density at radius 3 is 2.55 bits per heavy atom. The van der Waals surface area contributed by atoms with Crippen LogP contribution >= 0.6 is 0 Å². The van der Waals surface area contributed by atoms with E-state index in [0.29, 0.717) is 5.92 Å². The van der Waals surface area contributed by atoms with Crippen LogP contribution in [-0.4, -0.2) is 16.0 Å². The molecule has 0 saturated heterocycles. The number of hydroxylamine groups is 1. The molecule has 0 aromatic carbocycles. The number of nitrogens with one attached hydrogen (secondary N) is 1. The van der Waals surface area contributed by atoms with Crippen molar-refractivity contribution in [3.63, 3.8) is 0 Å². The van der Waals surface area contributed by atoms with Gasteiger partial charge >= 0.3 is 0 Å². The molecule has 0 amide bonds. The van der Waals surface area contributed by atoms with Crippen molar-refractivity contribution in [3.05, 3.63) is 0 Å². The zero-order valence-corrected chi connectivity index (χ0v) is 6.75. The molecular formula is C8H15NO2. The van der Waals surface area contributed by atoms with E-state index in [4.69, 9.17) is 5.21 Å². The summed E-state index contributed by atoms with van der Waals surface area (Å²) < 4.78 is 0. The first-order valence-corrected chi connectivity index (χ1v) is 4.32. The fourth-order valence-corrected chi connectivity index (χ4v) is 2.79. The van der Waals surface area contributed by atoms with E-state index >= 15 is 0 Å². The van der Waals surface area contributed by atoms with E-state index in [1.54, 1.807) is 0 Å². The van der Waals surface area contributed by atoms with Crippen molar-refractivity contribution in [2.45, 2.75) is 31.9 Å². The molecule has 2 bridgehead atoms. The Kier molecular flexibility index (Phi) is 1.50. The van der Waals surface area contributed by atoms with E-state index in [9.17, 15) is 5.11 Å². The van der Waals surface area contributed by atoms with E-state index in [2.05, 4.69) is 5.48 Å². The molecule has 0 aromatic heterocycles. The van der Waals surface area contributed by atoms with Gasteiger partial charge in [0.25, 0.3) is 0 Å². The molecule has 11 heavy (non-hydrogen) atoms. The molecule has 2 saturated carbocycles. The molecule has 2 rings (SSSR count). The van der Waals surface area contributed by atoms with Crippen LogP contribution < -0.4 is 5.48 Å². The number of aliphatic hydroxyl groups is 1. The van der Waals surface area contributed by atoms with Gasteiger partial charge in [-0.15, -0.1) is 0 Å². The highest BCUT2D eigenvalue weighted by Gasteiger charge is 2.55. The Labute approximate surface area is 66.4 Å². The smallest absolute Gasteiger partial charge is 0.143 e. The van der Waals surface area contributed by atoms with Gasteiger partial charge in [0.15, 0.2) is 0 Å². The Morgan fingerprint density at radius 2 is 2.18 bits per heavy atom. The first-order chi connectivity index (χ1) is 5.18. The predicted molar refractivity (Wildman–Crippen MR) is 39.9 cm³/mol. The Bertz CT molecular complexity index is 169. The van der Waals surface area contributed by atoms with Crippen LogP contribution in [0.4, 0.5) is 0 Å². The normalized spacial score (nSPS) is 55.4. The number of fused-ring (bicyclic) bond motifs is 2. The minimum absolute atomic E-state index is 0.200. The second kappa shape index (κ2) is 2.19. The molecule has 0 aromatic rings. The molecule has 2 fully saturated rings. The van der Waals surface area contributed by atoms with E-state index in [0.717, 1.165) is 12.8 Å². The lowest BCUT2D eigenvalue weighted by Crippen LogP contribution is -2.52. The van der Waals surface area contributed by atoms with Gasteiger partial charge in [-0.1, -0.05) is 6.92 Å². The molecule has 0 radical (unpaired) electrons. The van der Waals surface area contributed by atoms with Crippen LogP contribution in [0.2, 0.25) is 0 Å². The van der Waals surface area contributed by atoms with Gasteiger partial charge in [0, 0.05) is 11.8 Å². The average molecular weight is 157 g/mol. The molecule has 0 aliphatic heterocycles. The summed E-state index contributed by atoms with van der Waals surface area (Å²) in [5.74, 6) is 1.09. The van der Waals surface area contributed by atoms with Crippen LogP contribution in [-0.2, 0) is 0 Å². The van der Waals surface area contributed by atoms with Crippen molar-refractivity contribution < 1.29 is 10.3 Å². The van der Waals surface area contributed by atoms with Crippen LogP contribution in [0, 0.1) is 17.8 Å². The van der Waals surface area contributed by atoms with Gasteiger partial charge < -0.3 is 10.3 Å². The third-order valence-corrected chi connectivity index (χ3v) is 3.68. The van der Waals surface area contributed by atoms with Crippen LogP contribution in [0.3, 0.4) is 0 Å². The van der Waals surface area contributed by atoms with E-state index < -0.39 is 5.72 Å². The van der Waals surface area contributed by atoms with Crippen LogP contribution in [0.5, 0.6) is 0 Å². The van der Waals surface area contributed by atoms with Crippen molar-refractivity contribution in [1.82, 2.24) is 5.48 Å². The fourth-order valence-electron chi connectivity index (χ4n) is 2.79. The first kappa shape index (κ1) is 7.53. The second-order valence-corrected chi connectivity index (χ2v) is 4.00. The monoisotopic (exact) mass is 157 g/mol. The second-order valence-electron chi connectivity index (χ2n) is 4.00. The molecule has 3 heteroatoms. The average Bonchev–Trinajstić information content (AvgIpc) is 2.56. The zero-order chi connectivity index (χ0) is 8.06. The minimum Gasteiger partial charge on any atom is -0.373 e. The molecular weight excluding hydrogens is 142 g/mol. The molecule has 0 heterocycles. The summed E-state index contributed by atoms with van der Waals surface area (Å²) in [6, 6.07) is 0. The third kappa shape index (κ3) is 0.789. The molecule has 2 aliphatic carbocycles. The summed E-state index contributed by atoms with van der Waals surface area (Å²) in [7, 11) is 0. The molecule has 64 valence electrons. The number of hydrogen-bond acceptors (Lipinski definition) is 3. The van der Waals surface area contributed by atoms with Gasteiger partial charge in [0.2, 0.25) is 0 Å². The first-order valence-electron chi connectivity index (χ1n) is 4.32. The van der Waals surface area contributed by atoms with Crippen molar-refractivity contribution in [2.75, 3.05) is 0 Å². The highest BCUT2D eigenvalue weighted by atomic mass is 16.5. The van der Waals surface area contributed by atoms with Gasteiger partial charge in [-0.25, -0.2) is 0 Å². The summed E-state index contributed by atoms with van der Waals surface area (Å²) in [6.45, 7) is 2.01. The summed E-state index contributed by atoms with van der Waals surface area (Å²) in [5.41, 5.74) is 1.09. The maximum absolute atomic E-state index is 9.90. The number of rotatable bonds is 1. The van der Waals surface area contributed by atoms with Gasteiger partial charge in [-0.3, -0.25) is 0 Å². The highest BCUT2D eigenvalue weighted by Crippen LogP contribution is 2.52. The van der Waals surface area contributed by atoms with Gasteiger partial charge in [-0.2, -0.15) is 5.48 Å². The lowest BCUT2D eigenvalue weighted by molar-refractivity contribution is -0.155. The fraction of sp³-hybridized carbons (Fsp3) is 1.00. The third-order valence-electron chi connectivity index (χ3n) is 3.68. The van der Waals surface area contributed by atoms with E-state index in [-0.39, 0.29) is 11.8 Å². The predicted octanol–water partition coefficient (Wildman–Crippen LogP) is 0.720. The lowest BCUT2D eigenvalue weighted by Gasteiger charge is -2.36. The Morgan fingerprint density at radius 1 is 1.45 bits per heavy atom. The standard InChI is InChI=1S/C8H15NO2/c1-5-6-2-3-7(4-6)8(5,10)9-11/h5-7,9-11H,2-4H2,1H3. The van der Waals surface area contributed by atoms with Crippen molar-refractivity contribution in [3.8, 4) is 0 Å². The SMILES string of the molecule is CC1C2CCC(C2)C1(O)NO. The molecule has 4 atom stereocenters. The maximum atomic E-state index is 9.90. The molecule has 4 unspecified atom stereocenters. The lowest BCUT2D eigenvalue weighted by atomic mass is 9.83. The summed E-state index contributed by atoms with van der Waals surface area (Å²) in [6.07, 6.45) is 3.35. The Balaban J connectivity index is 2.23. The summed E-state index contributed by atoms with van der Waals surface area (Å²) in [4.78, 5) is 0. The molecule has 2 aliphatic rings. The highest BCUT2D eigenvalue weighted by molar-refractivity contribution is 5.02. The van der Waals surface area contributed by atoms with Crippen LogP contribution in [0.25, 0.3) is 0 Å². The van der Waals surface area contributed by atoms with Gasteiger partial charge in [-0.05, 0) is 25.2 Å². The Hall–Kier alpha value is -0.120. The zero-order valence-electron chi connectivity index (χ0n) is 6.75. The van der Waals surface area contributed by atoms with Crippen LogP contribution in [0.1, 0.15) is 26.2 Å². The number of hydrogen-bond donors (Lipinski definition) is 3. The minimum atomic E-state index is -0.983. The van der Waals surface area contributed by atoms with Crippen molar-refractivity contribution in [2.24, 2.45) is 17.8 Å². The van der Waals surface area contributed by atoms with Crippen LogP contribution in [0.15, 0.2) is 0 Å². The largest absolute Gasteiger partial charge is 0.373 e. The summed E-state index contributed by atoms with van der Waals surface area (Å²) >= 11 is 0. The van der Waals surface area contributed by atoms with E-state index in [1.807, 2.05) is 6.92 Å². The molecule has 3 nitrogen and oxygen atoms in total. The quantitative estimate of drug-likeness (QED) is 0.388. The maximum Gasteiger partial charge on any atom is 0.143 e. The van der Waals surface area contributed by atoms with E-state index in [1.165, 1.54) is 6.42 Å². The van der Waals surface area contributed by atoms with Gasteiger partial charge in [0.1, 0.15) is 5.72 Å². The van der Waals surface area contributed by atoms with Gasteiger partial charge in [0.05, 0.1) is 0 Å². The molecule has 3 N–H and O–H groups in total. The topological polar surface area (TPSA) is 52.5 Å². The summed E-state index contributed by atoms with van der Waals surface area (Å²) in [5, 5.41) is 18.7. The molecule has 0 spiro atoms. The van der Waals surface area contributed by atoms with Crippen molar-refractivity contribution >= 4 is 0 Å². The van der Waals surface area contributed by atoms with Crippen molar-refractivity contribution in [1.29, 1.82) is 0 Å².